The maximum Gasteiger partial charge on any atom is 0.323 e. The Hall–Kier alpha value is -4.85. The molecule has 0 aromatic carbocycles. The first-order valence-corrected chi connectivity index (χ1v) is 14.2. The summed E-state index contributed by atoms with van der Waals surface area (Å²) >= 11 is 0. The highest BCUT2D eigenvalue weighted by molar-refractivity contribution is 5.94. The summed E-state index contributed by atoms with van der Waals surface area (Å²) in [6.07, 6.45) is 0. The van der Waals surface area contributed by atoms with E-state index in [1.807, 2.05) is 0 Å². The van der Waals surface area contributed by atoms with Gasteiger partial charge in [-0.3, -0.25) is 43.2 Å². The van der Waals surface area contributed by atoms with E-state index < -0.39 is 99.2 Å². The summed E-state index contributed by atoms with van der Waals surface area (Å²) in [5.41, 5.74) is 0. The van der Waals surface area contributed by atoms with Crippen LogP contribution in [-0.2, 0) is 43.2 Å². The van der Waals surface area contributed by atoms with E-state index in [1.165, 1.54) is 54.2 Å². The highest BCUT2D eigenvalue weighted by Gasteiger charge is 2.28. The van der Waals surface area contributed by atoms with Gasteiger partial charge in [0.05, 0.1) is 52.4 Å². The van der Waals surface area contributed by atoms with Gasteiger partial charge in [0, 0.05) is 49.3 Å². The number of carbonyl (C=O) groups is 9. The molecule has 0 saturated heterocycles. The molecule has 0 heterocycles. The average Bonchev–Trinajstić information content (AvgIpc) is 2.98. The fourth-order valence-corrected chi connectivity index (χ4v) is 3.62. The predicted octanol–water partition coefficient (Wildman–Crippen LogP) is -6.02. The van der Waals surface area contributed by atoms with Crippen molar-refractivity contribution in [1.29, 1.82) is 0 Å². The van der Waals surface area contributed by atoms with Crippen molar-refractivity contribution >= 4 is 53.2 Å². The van der Waals surface area contributed by atoms with Gasteiger partial charge in [0.25, 0.3) is 0 Å². The number of nitrogens with one attached hydrogen (secondary N) is 2. The van der Waals surface area contributed by atoms with Crippen molar-refractivity contribution in [1.82, 2.24) is 44.9 Å². The standard InChI is InChI=1S/C27H47N9O11/c1-28-9-20(39)31(3)11-22(41)32(4)12-21(40)30(2)10-19(38)29-18(17-37)27(47)36(8)15-25(44)34(6)13-23(42)33(5)14-24(43)35(7)16-26(45)46/h18,28,37H,9-17H2,1-8H3,(H,29,38)(H,45,46)/t18-/m0/s1. The minimum Gasteiger partial charge on any atom is -0.480 e. The number of rotatable bonds is 19. The molecule has 4 N–H and O–H groups in total. The van der Waals surface area contributed by atoms with E-state index in [9.17, 15) is 48.3 Å². The number of aliphatic hydroxyl groups excluding tert-OH is 1. The van der Waals surface area contributed by atoms with Gasteiger partial charge in [0.15, 0.2) is 0 Å². The number of nitrogens with zero attached hydrogens (tertiary/aromatic N) is 7. The van der Waals surface area contributed by atoms with Gasteiger partial charge in [0.1, 0.15) is 12.6 Å². The molecule has 0 fully saturated rings. The molecule has 1 atom stereocenters. The van der Waals surface area contributed by atoms with Crippen molar-refractivity contribution in [3.8, 4) is 0 Å². The fourth-order valence-electron chi connectivity index (χ4n) is 3.62. The van der Waals surface area contributed by atoms with Crippen molar-refractivity contribution in [3.05, 3.63) is 0 Å². The van der Waals surface area contributed by atoms with E-state index in [0.29, 0.717) is 0 Å². The average molecular weight is 674 g/mol. The summed E-state index contributed by atoms with van der Waals surface area (Å²) in [4.78, 5) is 117. The van der Waals surface area contributed by atoms with Crippen LogP contribution in [-0.4, -0.2) is 219 Å². The van der Waals surface area contributed by atoms with E-state index in [4.69, 9.17) is 5.11 Å². The van der Waals surface area contributed by atoms with Crippen molar-refractivity contribution in [2.75, 3.05) is 115 Å². The highest BCUT2D eigenvalue weighted by Crippen LogP contribution is 1.99. The number of aliphatic carboxylic acids is 1. The topological polar surface area (TPSA) is 241 Å². The lowest BCUT2D eigenvalue weighted by Gasteiger charge is -2.27. The molecule has 47 heavy (non-hydrogen) atoms. The Kier molecular flexibility index (Phi) is 18.2. The van der Waals surface area contributed by atoms with Crippen molar-refractivity contribution in [2.45, 2.75) is 6.04 Å². The second-order valence-electron chi connectivity index (χ2n) is 10.9. The number of carbonyl (C=O) groups excluding carboxylic acids is 8. The first kappa shape index (κ1) is 42.1. The number of hydrogen-bond acceptors (Lipinski definition) is 11. The third-order valence-corrected chi connectivity index (χ3v) is 6.69. The summed E-state index contributed by atoms with van der Waals surface area (Å²) in [6, 6.07) is -1.47. The van der Waals surface area contributed by atoms with E-state index in [-0.39, 0.29) is 19.0 Å². The third kappa shape index (κ3) is 15.3. The van der Waals surface area contributed by atoms with E-state index in [2.05, 4.69) is 10.6 Å². The van der Waals surface area contributed by atoms with Gasteiger partial charge in [-0.15, -0.1) is 0 Å². The summed E-state index contributed by atoms with van der Waals surface area (Å²) in [5.74, 6) is -6.26. The molecule has 0 saturated carbocycles. The Balaban J connectivity index is 4.94. The Bertz CT molecular complexity index is 1180. The normalized spacial score (nSPS) is 11.0. The Morgan fingerprint density at radius 3 is 1.17 bits per heavy atom. The lowest BCUT2D eigenvalue weighted by molar-refractivity contribution is -0.146. The summed E-state index contributed by atoms with van der Waals surface area (Å²) in [7, 11) is 10.8. The SMILES string of the molecule is CNCC(=O)N(C)CC(=O)N(C)CC(=O)N(C)CC(=O)N[C@@H](CO)C(=O)N(C)CC(=O)N(C)CC(=O)N(C)CC(=O)N(C)CC(=O)O. The molecule has 0 rings (SSSR count). The molecule has 0 aromatic rings. The maximum atomic E-state index is 12.8. The van der Waals surface area contributed by atoms with Gasteiger partial charge in [-0.25, -0.2) is 0 Å². The molecule has 0 aromatic heterocycles. The number of hydrogen-bond donors (Lipinski definition) is 4. The van der Waals surface area contributed by atoms with E-state index in [0.717, 1.165) is 29.4 Å². The van der Waals surface area contributed by atoms with Crippen LogP contribution >= 0.6 is 0 Å². The van der Waals surface area contributed by atoms with E-state index in [1.54, 1.807) is 7.05 Å². The van der Waals surface area contributed by atoms with E-state index >= 15 is 0 Å². The number of carboxylic acids is 1. The maximum absolute atomic E-state index is 12.8. The van der Waals surface area contributed by atoms with Crippen LogP contribution in [0.3, 0.4) is 0 Å². The fraction of sp³-hybridized carbons (Fsp3) is 0.667. The second kappa shape index (κ2) is 20.3. The number of amides is 8. The largest absolute Gasteiger partial charge is 0.480 e. The summed E-state index contributed by atoms with van der Waals surface area (Å²) in [6.45, 7) is -3.95. The lowest BCUT2D eigenvalue weighted by Crippen LogP contribution is -2.54. The summed E-state index contributed by atoms with van der Waals surface area (Å²) in [5, 5.41) is 23.5. The Labute approximate surface area is 273 Å². The van der Waals surface area contributed by atoms with Gasteiger partial charge in [-0.2, -0.15) is 0 Å². The van der Waals surface area contributed by atoms with Gasteiger partial charge < -0.3 is 55.1 Å². The zero-order valence-corrected chi connectivity index (χ0v) is 28.1. The molecule has 8 amide bonds. The van der Waals surface area contributed by atoms with Crippen molar-refractivity contribution in [3.63, 3.8) is 0 Å². The smallest absolute Gasteiger partial charge is 0.323 e. The number of likely N-dealkylation sites (N-methyl/N-ethyl adjacent to an activating group) is 8. The zero-order valence-electron chi connectivity index (χ0n) is 28.1. The second-order valence-corrected chi connectivity index (χ2v) is 10.9. The molecular weight excluding hydrogens is 626 g/mol. The van der Waals surface area contributed by atoms with Crippen LogP contribution in [0.15, 0.2) is 0 Å². The molecule has 20 nitrogen and oxygen atoms in total. The molecule has 20 heteroatoms. The zero-order chi connectivity index (χ0) is 36.6. The Morgan fingerprint density at radius 1 is 0.511 bits per heavy atom. The van der Waals surface area contributed by atoms with Crippen molar-refractivity contribution in [2.24, 2.45) is 0 Å². The quantitative estimate of drug-likeness (QED) is 0.100. The van der Waals surface area contributed by atoms with Crippen LogP contribution in [0.4, 0.5) is 0 Å². The molecule has 0 radical (unpaired) electrons. The van der Waals surface area contributed by atoms with Gasteiger partial charge >= 0.3 is 5.97 Å². The molecule has 0 aliphatic carbocycles. The molecular formula is C27H47N9O11. The highest BCUT2D eigenvalue weighted by atomic mass is 16.4. The van der Waals surface area contributed by atoms with Gasteiger partial charge in [-0.05, 0) is 7.05 Å². The predicted molar refractivity (Wildman–Crippen MR) is 164 cm³/mol. The minimum absolute atomic E-state index is 0.0336. The van der Waals surface area contributed by atoms with Gasteiger partial charge in [0.2, 0.25) is 47.3 Å². The van der Waals surface area contributed by atoms with Crippen LogP contribution in [0.5, 0.6) is 0 Å². The number of carboxylic acid groups (broad SMARTS) is 1. The minimum atomic E-state index is -1.47. The van der Waals surface area contributed by atoms with Crippen molar-refractivity contribution < 1.29 is 53.4 Å². The van der Waals surface area contributed by atoms with Gasteiger partial charge in [-0.1, -0.05) is 0 Å². The number of aliphatic hydroxyl groups is 1. The molecule has 0 aliphatic rings. The van der Waals surface area contributed by atoms with Crippen LogP contribution in [0, 0.1) is 0 Å². The summed E-state index contributed by atoms with van der Waals surface area (Å²) < 4.78 is 0. The van der Waals surface area contributed by atoms with Crippen LogP contribution in [0.1, 0.15) is 0 Å². The first-order chi connectivity index (χ1) is 21.7. The van der Waals surface area contributed by atoms with Crippen LogP contribution < -0.4 is 10.6 Å². The molecule has 266 valence electrons. The molecule has 0 aliphatic heterocycles. The molecule has 0 bridgehead atoms. The first-order valence-electron chi connectivity index (χ1n) is 14.2. The lowest BCUT2D eigenvalue weighted by atomic mass is 10.2. The third-order valence-electron chi connectivity index (χ3n) is 6.69. The Morgan fingerprint density at radius 2 is 0.830 bits per heavy atom. The monoisotopic (exact) mass is 673 g/mol. The van der Waals surface area contributed by atoms with Crippen LogP contribution in [0.2, 0.25) is 0 Å². The van der Waals surface area contributed by atoms with Crippen LogP contribution in [0.25, 0.3) is 0 Å². The molecule has 0 unspecified atom stereocenters. The molecule has 0 spiro atoms.